The molecule has 0 fully saturated rings. The Kier molecular flexibility index (Phi) is 6.70. The molecule has 0 bridgehead atoms. The van der Waals surface area contributed by atoms with Crippen LogP contribution in [0.3, 0.4) is 0 Å². The second-order valence-electron chi connectivity index (χ2n) is 3.19. The fourth-order valence-electron chi connectivity index (χ4n) is 1.48. The molecule has 5 nitrogen and oxygen atoms in total. The number of carboxylic acid groups (broad SMARTS) is 1. The summed E-state index contributed by atoms with van der Waals surface area (Å²) in [4.78, 5) is 23.7. The lowest BCUT2D eigenvalue weighted by Gasteiger charge is -2.25. The number of carboxylic acids is 1. The lowest BCUT2D eigenvalue weighted by Crippen LogP contribution is -2.41. The molecule has 0 aromatic heterocycles. The van der Waals surface area contributed by atoms with Gasteiger partial charge in [0, 0.05) is 6.42 Å². The van der Waals surface area contributed by atoms with Gasteiger partial charge < -0.3 is 9.84 Å². The van der Waals surface area contributed by atoms with Crippen LogP contribution in [-0.2, 0) is 14.3 Å². The van der Waals surface area contributed by atoms with Crippen molar-refractivity contribution in [1.82, 2.24) is 4.90 Å². The molecule has 0 saturated heterocycles. The van der Waals surface area contributed by atoms with Crippen LogP contribution < -0.4 is 0 Å². The Morgan fingerprint density at radius 1 is 1.33 bits per heavy atom. The predicted octanol–water partition coefficient (Wildman–Crippen LogP) is 0.735. The van der Waals surface area contributed by atoms with E-state index in [-0.39, 0.29) is 12.4 Å². The summed E-state index contributed by atoms with van der Waals surface area (Å²) in [6.45, 7) is 5.12. The van der Waals surface area contributed by atoms with Crippen LogP contribution in [0.25, 0.3) is 0 Å². The molecule has 88 valence electrons. The van der Waals surface area contributed by atoms with Crippen molar-refractivity contribution in [3.8, 4) is 0 Å². The topological polar surface area (TPSA) is 66.8 Å². The Bertz CT molecular complexity index is 213. The summed E-state index contributed by atoms with van der Waals surface area (Å²) in [5.41, 5.74) is 0. The predicted molar refractivity (Wildman–Crippen MR) is 55.6 cm³/mol. The van der Waals surface area contributed by atoms with Crippen molar-refractivity contribution in [1.29, 1.82) is 0 Å². The van der Waals surface area contributed by atoms with E-state index in [1.165, 1.54) is 7.11 Å². The molecular weight excluding hydrogens is 198 g/mol. The zero-order chi connectivity index (χ0) is 11.8. The summed E-state index contributed by atoms with van der Waals surface area (Å²) in [5, 5.41) is 9.00. The molecule has 0 radical (unpaired) electrons. The number of esters is 1. The fraction of sp³-hybridized carbons (Fsp3) is 0.800. The van der Waals surface area contributed by atoms with E-state index in [2.05, 4.69) is 4.74 Å². The van der Waals surface area contributed by atoms with E-state index >= 15 is 0 Å². The van der Waals surface area contributed by atoms with Gasteiger partial charge in [0.25, 0.3) is 0 Å². The minimum Gasteiger partial charge on any atom is -0.480 e. The monoisotopic (exact) mass is 217 g/mol. The summed E-state index contributed by atoms with van der Waals surface area (Å²) >= 11 is 0. The standard InChI is InChI=1S/C10H19NO4/c1-4-11(5-2)8(10(13)14)6-7-9(12)15-3/h8H,4-7H2,1-3H3,(H,13,14). The van der Waals surface area contributed by atoms with Crippen molar-refractivity contribution >= 4 is 11.9 Å². The molecular formula is C10H19NO4. The Labute approximate surface area is 90.0 Å². The SMILES string of the molecule is CCN(CC)C(CCC(=O)OC)C(=O)O. The third-order valence-electron chi connectivity index (χ3n) is 2.39. The van der Waals surface area contributed by atoms with E-state index in [1.807, 2.05) is 18.7 Å². The highest BCUT2D eigenvalue weighted by Crippen LogP contribution is 2.08. The first-order valence-electron chi connectivity index (χ1n) is 5.10. The highest BCUT2D eigenvalue weighted by atomic mass is 16.5. The molecule has 1 atom stereocenters. The van der Waals surface area contributed by atoms with Crippen LogP contribution in [0.1, 0.15) is 26.7 Å². The average molecular weight is 217 g/mol. The van der Waals surface area contributed by atoms with Crippen LogP contribution in [0.2, 0.25) is 0 Å². The van der Waals surface area contributed by atoms with E-state index in [1.54, 1.807) is 0 Å². The summed E-state index contributed by atoms with van der Waals surface area (Å²) in [7, 11) is 1.30. The van der Waals surface area contributed by atoms with E-state index in [0.29, 0.717) is 19.5 Å². The average Bonchev–Trinajstić information content (AvgIpc) is 2.23. The van der Waals surface area contributed by atoms with Crippen LogP contribution in [0.4, 0.5) is 0 Å². The van der Waals surface area contributed by atoms with Gasteiger partial charge in [-0.1, -0.05) is 13.8 Å². The van der Waals surface area contributed by atoms with Crippen LogP contribution in [0.15, 0.2) is 0 Å². The normalized spacial score (nSPS) is 12.5. The summed E-state index contributed by atoms with van der Waals surface area (Å²) in [6, 6.07) is -0.598. The number of carbonyl (C=O) groups is 2. The lowest BCUT2D eigenvalue weighted by atomic mass is 10.1. The number of rotatable bonds is 7. The van der Waals surface area contributed by atoms with Gasteiger partial charge in [-0.15, -0.1) is 0 Å². The first-order valence-corrected chi connectivity index (χ1v) is 5.10. The fourth-order valence-corrected chi connectivity index (χ4v) is 1.48. The van der Waals surface area contributed by atoms with Crippen LogP contribution in [0, 0.1) is 0 Å². The van der Waals surface area contributed by atoms with Crippen molar-refractivity contribution in [3.63, 3.8) is 0 Å². The van der Waals surface area contributed by atoms with Crippen LogP contribution in [-0.4, -0.2) is 48.2 Å². The molecule has 0 aliphatic heterocycles. The molecule has 1 unspecified atom stereocenters. The second-order valence-corrected chi connectivity index (χ2v) is 3.19. The molecule has 0 aliphatic carbocycles. The highest BCUT2D eigenvalue weighted by Gasteiger charge is 2.23. The van der Waals surface area contributed by atoms with Gasteiger partial charge in [-0.2, -0.15) is 0 Å². The maximum Gasteiger partial charge on any atom is 0.320 e. The third-order valence-corrected chi connectivity index (χ3v) is 2.39. The third kappa shape index (κ3) is 4.78. The van der Waals surface area contributed by atoms with E-state index in [4.69, 9.17) is 5.11 Å². The number of hydrogen-bond donors (Lipinski definition) is 1. The Balaban J connectivity index is 4.27. The van der Waals surface area contributed by atoms with Crippen molar-refractivity contribution in [2.24, 2.45) is 0 Å². The number of ether oxygens (including phenoxy) is 1. The van der Waals surface area contributed by atoms with Gasteiger partial charge >= 0.3 is 11.9 Å². The molecule has 5 heteroatoms. The molecule has 0 saturated carbocycles. The second kappa shape index (κ2) is 7.23. The Morgan fingerprint density at radius 2 is 1.87 bits per heavy atom. The molecule has 0 aromatic rings. The molecule has 1 N–H and O–H groups in total. The summed E-state index contributed by atoms with van der Waals surface area (Å²) in [5.74, 6) is -1.25. The molecule has 0 aromatic carbocycles. The quantitative estimate of drug-likeness (QED) is 0.637. The molecule has 0 amide bonds. The van der Waals surface area contributed by atoms with E-state index < -0.39 is 12.0 Å². The number of aliphatic carboxylic acids is 1. The van der Waals surface area contributed by atoms with Gasteiger partial charge in [0.05, 0.1) is 7.11 Å². The Hall–Kier alpha value is -1.10. The number of methoxy groups -OCH3 is 1. The van der Waals surface area contributed by atoms with Gasteiger partial charge in [0.2, 0.25) is 0 Å². The van der Waals surface area contributed by atoms with Crippen molar-refractivity contribution < 1.29 is 19.4 Å². The highest BCUT2D eigenvalue weighted by molar-refractivity contribution is 5.75. The van der Waals surface area contributed by atoms with E-state index in [0.717, 1.165) is 0 Å². The zero-order valence-corrected chi connectivity index (χ0v) is 9.52. The summed E-state index contributed by atoms with van der Waals surface area (Å²) < 4.78 is 4.48. The molecule has 15 heavy (non-hydrogen) atoms. The molecule has 0 rings (SSSR count). The maximum absolute atomic E-state index is 11.0. The zero-order valence-electron chi connectivity index (χ0n) is 9.52. The van der Waals surface area contributed by atoms with E-state index in [9.17, 15) is 9.59 Å². The first kappa shape index (κ1) is 13.9. The number of likely N-dealkylation sites (N-methyl/N-ethyl adjacent to an activating group) is 1. The smallest absolute Gasteiger partial charge is 0.320 e. The molecule has 0 heterocycles. The van der Waals surface area contributed by atoms with Gasteiger partial charge in [-0.05, 0) is 19.5 Å². The van der Waals surface area contributed by atoms with Crippen LogP contribution >= 0.6 is 0 Å². The Morgan fingerprint density at radius 3 is 2.20 bits per heavy atom. The summed E-state index contributed by atoms with van der Waals surface area (Å²) in [6.07, 6.45) is 0.438. The van der Waals surface area contributed by atoms with Crippen LogP contribution in [0.5, 0.6) is 0 Å². The molecule has 0 aliphatic rings. The van der Waals surface area contributed by atoms with Gasteiger partial charge in [0.15, 0.2) is 0 Å². The number of nitrogens with zero attached hydrogens (tertiary/aromatic N) is 1. The van der Waals surface area contributed by atoms with Gasteiger partial charge in [-0.3, -0.25) is 14.5 Å². The minimum atomic E-state index is -0.886. The maximum atomic E-state index is 11.0. The number of carbonyl (C=O) groups excluding carboxylic acids is 1. The largest absolute Gasteiger partial charge is 0.480 e. The van der Waals surface area contributed by atoms with Gasteiger partial charge in [-0.25, -0.2) is 0 Å². The van der Waals surface area contributed by atoms with Crippen molar-refractivity contribution in [2.75, 3.05) is 20.2 Å². The van der Waals surface area contributed by atoms with Crippen molar-refractivity contribution in [2.45, 2.75) is 32.7 Å². The first-order chi connectivity index (χ1) is 7.06. The van der Waals surface area contributed by atoms with Gasteiger partial charge in [0.1, 0.15) is 6.04 Å². The van der Waals surface area contributed by atoms with Crippen molar-refractivity contribution in [3.05, 3.63) is 0 Å². The molecule has 0 spiro atoms. The lowest BCUT2D eigenvalue weighted by molar-refractivity contribution is -0.145. The minimum absolute atomic E-state index is 0.143. The number of hydrogen-bond acceptors (Lipinski definition) is 4.